The number of primary amides is 1. The third kappa shape index (κ3) is 10.4. The first-order valence-electron chi connectivity index (χ1n) is 14.0. The van der Waals surface area contributed by atoms with Crippen LogP contribution < -0.4 is 21.7 Å². The van der Waals surface area contributed by atoms with Crippen molar-refractivity contribution < 1.29 is 28.6 Å². The highest BCUT2D eigenvalue weighted by molar-refractivity contribution is 7.59. The third-order valence-electron chi connectivity index (χ3n) is 7.14. The number of thiophene rings is 1. The Kier molecular flexibility index (Phi) is 11.2. The van der Waals surface area contributed by atoms with Crippen LogP contribution >= 0.6 is 18.7 Å². The topological polar surface area (TPSA) is 181 Å². The van der Waals surface area contributed by atoms with Crippen molar-refractivity contribution >= 4 is 42.3 Å². The number of nitrogens with zero attached hydrogens (tertiary/aromatic N) is 1. The van der Waals surface area contributed by atoms with Gasteiger partial charge < -0.3 is 26.6 Å². The van der Waals surface area contributed by atoms with Gasteiger partial charge in [0.05, 0.1) is 6.42 Å². The number of rotatable bonds is 16. The van der Waals surface area contributed by atoms with Gasteiger partial charge >= 0.3 is 0 Å². The number of carbonyl (C=O) groups is 4. The average Bonchev–Trinajstić information content (AvgIpc) is 3.64. The Morgan fingerprint density at radius 3 is 2.23 bits per heavy atom. The van der Waals surface area contributed by atoms with E-state index in [2.05, 4.69) is 20.9 Å². The fourth-order valence-corrected chi connectivity index (χ4v) is 6.93. The van der Waals surface area contributed by atoms with E-state index in [-0.39, 0.29) is 19.3 Å². The van der Waals surface area contributed by atoms with Crippen molar-refractivity contribution in [1.82, 2.24) is 20.9 Å². The first-order chi connectivity index (χ1) is 20.6. The van der Waals surface area contributed by atoms with Crippen LogP contribution in [0.1, 0.15) is 35.3 Å². The Labute approximate surface area is 254 Å². The molecule has 2 heterocycles. The monoisotopic (exact) mass is 625 g/mol. The smallest absolute Gasteiger partial charge is 0.243 e. The maximum atomic E-state index is 13.7. The highest BCUT2D eigenvalue weighted by Crippen LogP contribution is 2.46. The van der Waals surface area contributed by atoms with Crippen molar-refractivity contribution in [3.63, 3.8) is 0 Å². The standard InChI is InChI=1S/C30H36N5O6PS/c31-29(38)24(15-21-8-9-21)34-30(39)25(16-22-10-12-32-13-11-22)33-27(37)19-42(40,41)28(17-20-5-2-1-3-6-20)35-26(36)18-23-7-4-14-43-23/h1-7,10-14,21,24-25,28H,8-9,15-19H2,(H2,31,38)(H,33,37)(H,34,39)(H,35,36)(H,40,41)/t24?,25-,28-/m0/s1. The number of pyridine rings is 1. The number of nitrogens with two attached hydrogens (primary N) is 1. The minimum absolute atomic E-state index is 0.0282. The summed E-state index contributed by atoms with van der Waals surface area (Å²) in [6.45, 7) is 0. The first kappa shape index (κ1) is 32.1. The van der Waals surface area contributed by atoms with Gasteiger partial charge in [0.15, 0.2) is 0 Å². The molecule has 4 amide bonds. The van der Waals surface area contributed by atoms with Crippen LogP contribution in [0.25, 0.3) is 0 Å². The van der Waals surface area contributed by atoms with Crippen molar-refractivity contribution in [2.75, 3.05) is 6.16 Å². The van der Waals surface area contributed by atoms with Crippen LogP contribution in [0.4, 0.5) is 0 Å². The normalized spacial score (nSPS) is 16.2. The van der Waals surface area contributed by atoms with E-state index >= 15 is 0 Å². The largest absolute Gasteiger partial charge is 0.368 e. The predicted molar refractivity (Wildman–Crippen MR) is 163 cm³/mol. The summed E-state index contributed by atoms with van der Waals surface area (Å²) in [7, 11) is -4.35. The zero-order valence-electron chi connectivity index (χ0n) is 23.6. The van der Waals surface area contributed by atoms with Gasteiger partial charge in [-0.15, -0.1) is 11.3 Å². The van der Waals surface area contributed by atoms with Crippen molar-refractivity contribution in [2.45, 2.75) is 56.4 Å². The van der Waals surface area contributed by atoms with Crippen molar-refractivity contribution in [3.8, 4) is 0 Å². The Morgan fingerprint density at radius 1 is 0.907 bits per heavy atom. The molecule has 6 N–H and O–H groups in total. The van der Waals surface area contributed by atoms with Crippen molar-refractivity contribution in [2.24, 2.45) is 11.7 Å². The molecule has 0 spiro atoms. The number of hydrogen-bond acceptors (Lipinski definition) is 7. The Morgan fingerprint density at radius 2 is 1.60 bits per heavy atom. The second-order valence-electron chi connectivity index (χ2n) is 10.8. The van der Waals surface area contributed by atoms with Gasteiger partial charge in [-0.3, -0.25) is 28.7 Å². The summed E-state index contributed by atoms with van der Waals surface area (Å²) in [5.41, 5.74) is 6.92. The second-order valence-corrected chi connectivity index (χ2v) is 14.2. The maximum Gasteiger partial charge on any atom is 0.243 e. The van der Waals surface area contributed by atoms with Crippen LogP contribution in [-0.4, -0.2) is 57.5 Å². The molecule has 2 unspecified atom stereocenters. The molecule has 11 nitrogen and oxygen atoms in total. The molecule has 3 aromatic rings. The SMILES string of the molecule is NC(=O)C(CC1CC1)NC(=O)[C@H](Cc1ccncc1)NC(=O)CP(=O)(O)[C@@H](Cc1ccccc1)NC(=O)Cc1cccs1. The zero-order chi connectivity index (χ0) is 30.8. The molecule has 228 valence electrons. The lowest BCUT2D eigenvalue weighted by Crippen LogP contribution is -2.54. The molecule has 1 fully saturated rings. The molecule has 13 heteroatoms. The quantitative estimate of drug-likeness (QED) is 0.151. The number of benzene rings is 1. The van der Waals surface area contributed by atoms with Crippen LogP contribution in [0.3, 0.4) is 0 Å². The minimum Gasteiger partial charge on any atom is -0.368 e. The van der Waals surface area contributed by atoms with E-state index in [0.717, 1.165) is 17.7 Å². The molecule has 1 saturated carbocycles. The Bertz CT molecular complexity index is 1440. The molecule has 1 aromatic carbocycles. The summed E-state index contributed by atoms with van der Waals surface area (Å²) in [5.74, 6) is -3.52. The summed E-state index contributed by atoms with van der Waals surface area (Å²) >= 11 is 1.40. The van der Waals surface area contributed by atoms with Crippen LogP contribution in [-0.2, 0) is 43.0 Å². The summed E-state index contributed by atoms with van der Waals surface area (Å²) in [6.07, 6.45) is 4.69. The fraction of sp³-hybridized carbons (Fsp3) is 0.367. The Balaban J connectivity index is 1.48. The summed E-state index contributed by atoms with van der Waals surface area (Å²) < 4.78 is 13.7. The number of carbonyl (C=O) groups excluding carboxylic acids is 4. The molecule has 0 aliphatic heterocycles. The highest BCUT2D eigenvalue weighted by Gasteiger charge is 2.37. The van der Waals surface area contributed by atoms with Gasteiger partial charge in [0.1, 0.15) is 24.0 Å². The van der Waals surface area contributed by atoms with Crippen molar-refractivity contribution in [1.29, 1.82) is 0 Å². The molecule has 0 bridgehead atoms. The van der Waals surface area contributed by atoms with E-state index in [4.69, 9.17) is 5.73 Å². The molecular formula is C30H36N5O6PS. The van der Waals surface area contributed by atoms with Gasteiger partial charge in [0.25, 0.3) is 0 Å². The lowest BCUT2D eigenvalue weighted by molar-refractivity contribution is -0.131. The van der Waals surface area contributed by atoms with Crippen LogP contribution in [0.2, 0.25) is 0 Å². The first-order valence-corrected chi connectivity index (χ1v) is 16.8. The van der Waals surface area contributed by atoms with Crippen molar-refractivity contribution in [3.05, 3.63) is 88.4 Å². The van der Waals surface area contributed by atoms with Gasteiger partial charge in [0.2, 0.25) is 31.0 Å². The van der Waals surface area contributed by atoms with E-state index in [1.54, 1.807) is 60.9 Å². The van der Waals surface area contributed by atoms with Gasteiger partial charge in [-0.1, -0.05) is 49.2 Å². The van der Waals surface area contributed by atoms with Crippen LogP contribution in [0.15, 0.2) is 72.4 Å². The molecule has 43 heavy (non-hydrogen) atoms. The number of amides is 4. The summed E-state index contributed by atoms with van der Waals surface area (Å²) in [4.78, 5) is 67.3. The summed E-state index contributed by atoms with van der Waals surface area (Å²) in [5, 5.41) is 9.72. The number of hydrogen-bond donors (Lipinski definition) is 5. The van der Waals surface area contributed by atoms with Crippen LogP contribution in [0, 0.1) is 5.92 Å². The molecule has 0 saturated heterocycles. The molecular weight excluding hydrogens is 589 g/mol. The Hall–Kier alpha value is -3.86. The lowest BCUT2D eigenvalue weighted by Gasteiger charge is -2.26. The predicted octanol–water partition coefficient (Wildman–Crippen LogP) is 2.14. The van der Waals surface area contributed by atoms with E-state index in [1.165, 1.54) is 11.3 Å². The number of nitrogens with one attached hydrogen (secondary N) is 3. The molecule has 0 radical (unpaired) electrons. The van der Waals surface area contributed by atoms with E-state index in [9.17, 15) is 28.6 Å². The third-order valence-corrected chi connectivity index (χ3v) is 10.0. The maximum absolute atomic E-state index is 13.7. The minimum atomic E-state index is -4.35. The number of aromatic nitrogens is 1. The zero-order valence-corrected chi connectivity index (χ0v) is 25.3. The van der Waals surface area contributed by atoms with E-state index in [1.807, 2.05) is 11.4 Å². The summed E-state index contributed by atoms with van der Waals surface area (Å²) in [6, 6.07) is 13.8. The van der Waals surface area contributed by atoms with Gasteiger partial charge in [0, 0.05) is 30.1 Å². The molecule has 4 atom stereocenters. The average molecular weight is 626 g/mol. The second kappa shape index (κ2) is 15.0. The van der Waals surface area contributed by atoms with Gasteiger partial charge in [-0.05, 0) is 47.0 Å². The highest BCUT2D eigenvalue weighted by atomic mass is 32.1. The molecule has 1 aliphatic carbocycles. The molecule has 4 rings (SSSR count). The van der Waals surface area contributed by atoms with E-state index < -0.39 is 55.0 Å². The fourth-order valence-electron chi connectivity index (χ4n) is 4.67. The van der Waals surface area contributed by atoms with E-state index in [0.29, 0.717) is 23.5 Å². The molecule has 1 aliphatic rings. The molecule has 2 aromatic heterocycles. The lowest BCUT2D eigenvalue weighted by atomic mass is 10.0. The van der Waals surface area contributed by atoms with Gasteiger partial charge in [-0.2, -0.15) is 0 Å². The van der Waals surface area contributed by atoms with Gasteiger partial charge in [-0.25, -0.2) is 0 Å². The van der Waals surface area contributed by atoms with Crippen LogP contribution in [0.5, 0.6) is 0 Å².